The second kappa shape index (κ2) is 4.47. The summed E-state index contributed by atoms with van der Waals surface area (Å²) in [5, 5.41) is 10.6. The molecule has 0 aliphatic carbocycles. The van der Waals surface area contributed by atoms with E-state index in [2.05, 4.69) is 9.72 Å². The van der Waals surface area contributed by atoms with Crippen molar-refractivity contribution in [1.82, 2.24) is 4.98 Å². The van der Waals surface area contributed by atoms with Gasteiger partial charge in [-0.3, -0.25) is 0 Å². The van der Waals surface area contributed by atoms with E-state index in [1.165, 1.54) is 7.11 Å². The van der Waals surface area contributed by atoms with Crippen molar-refractivity contribution in [2.75, 3.05) is 14.2 Å². The standard InChI is InChI=1S/C12H13NO4/c1-16-8-4-3-7-5-10(13-9(7)6-8)11(14)12(15)17-2/h3-6,11,13-14H,1-2H3. The molecule has 1 aromatic heterocycles. The number of carbonyl (C=O) groups is 1. The summed E-state index contributed by atoms with van der Waals surface area (Å²) in [4.78, 5) is 14.1. The molecule has 1 heterocycles. The van der Waals surface area contributed by atoms with Gasteiger partial charge in [0, 0.05) is 17.0 Å². The van der Waals surface area contributed by atoms with E-state index in [4.69, 9.17) is 4.74 Å². The lowest BCUT2D eigenvalue weighted by molar-refractivity contribution is -0.150. The molecule has 0 radical (unpaired) electrons. The summed E-state index contributed by atoms with van der Waals surface area (Å²) < 4.78 is 9.56. The van der Waals surface area contributed by atoms with Gasteiger partial charge in [0.1, 0.15) is 5.75 Å². The maximum atomic E-state index is 11.2. The van der Waals surface area contributed by atoms with Crippen LogP contribution in [0.3, 0.4) is 0 Å². The predicted octanol–water partition coefficient (Wildman–Crippen LogP) is 1.38. The number of benzene rings is 1. The van der Waals surface area contributed by atoms with Crippen molar-refractivity contribution < 1.29 is 19.4 Å². The minimum Gasteiger partial charge on any atom is -0.497 e. The number of ether oxygens (including phenoxy) is 2. The number of nitrogens with one attached hydrogen (secondary N) is 1. The van der Waals surface area contributed by atoms with Crippen LogP contribution >= 0.6 is 0 Å². The summed E-state index contributed by atoms with van der Waals surface area (Å²) in [5.74, 6) is 0.0157. The van der Waals surface area contributed by atoms with Gasteiger partial charge in [0.15, 0.2) is 6.10 Å². The lowest BCUT2D eigenvalue weighted by Gasteiger charge is -2.04. The average Bonchev–Trinajstić information content (AvgIpc) is 2.79. The number of hydrogen-bond acceptors (Lipinski definition) is 4. The van der Waals surface area contributed by atoms with E-state index in [9.17, 15) is 9.90 Å². The molecule has 0 fully saturated rings. The Morgan fingerprint density at radius 3 is 2.76 bits per heavy atom. The van der Waals surface area contributed by atoms with Crippen molar-refractivity contribution in [1.29, 1.82) is 0 Å². The first kappa shape index (κ1) is 11.5. The third-order valence-electron chi connectivity index (χ3n) is 2.57. The van der Waals surface area contributed by atoms with Crippen molar-refractivity contribution in [3.8, 4) is 5.75 Å². The molecular formula is C12H13NO4. The zero-order chi connectivity index (χ0) is 12.4. The lowest BCUT2D eigenvalue weighted by Crippen LogP contribution is -2.13. The monoisotopic (exact) mass is 235 g/mol. The van der Waals surface area contributed by atoms with Gasteiger partial charge < -0.3 is 19.6 Å². The molecule has 0 bridgehead atoms. The Bertz CT molecular complexity index is 546. The van der Waals surface area contributed by atoms with Crippen LogP contribution in [0.2, 0.25) is 0 Å². The highest BCUT2D eigenvalue weighted by molar-refractivity contribution is 5.84. The summed E-state index contributed by atoms with van der Waals surface area (Å²) in [6, 6.07) is 7.15. The third kappa shape index (κ3) is 2.09. The van der Waals surface area contributed by atoms with Crippen LogP contribution in [0.5, 0.6) is 5.75 Å². The molecule has 5 nitrogen and oxygen atoms in total. The maximum absolute atomic E-state index is 11.2. The number of fused-ring (bicyclic) bond motifs is 1. The fraction of sp³-hybridized carbons (Fsp3) is 0.250. The second-order valence-corrected chi connectivity index (χ2v) is 3.60. The highest BCUT2D eigenvalue weighted by Crippen LogP contribution is 2.24. The Hall–Kier alpha value is -2.01. The number of aromatic nitrogens is 1. The summed E-state index contributed by atoms with van der Waals surface area (Å²) in [6.45, 7) is 0. The van der Waals surface area contributed by atoms with E-state index in [-0.39, 0.29) is 0 Å². The normalized spacial score (nSPS) is 12.4. The predicted molar refractivity (Wildman–Crippen MR) is 61.8 cm³/mol. The average molecular weight is 235 g/mol. The van der Waals surface area contributed by atoms with E-state index in [1.807, 2.05) is 12.1 Å². The van der Waals surface area contributed by atoms with Crippen molar-refractivity contribution >= 4 is 16.9 Å². The topological polar surface area (TPSA) is 71.6 Å². The Balaban J connectivity index is 2.40. The first-order chi connectivity index (χ1) is 8.15. The van der Waals surface area contributed by atoms with E-state index in [0.717, 1.165) is 10.9 Å². The van der Waals surface area contributed by atoms with E-state index in [1.54, 1.807) is 19.2 Å². The Labute approximate surface area is 98.0 Å². The zero-order valence-electron chi connectivity index (χ0n) is 9.56. The number of carbonyl (C=O) groups excluding carboxylic acids is 1. The molecule has 0 spiro atoms. The Morgan fingerprint density at radius 2 is 2.12 bits per heavy atom. The SMILES string of the molecule is COC(=O)C(O)c1cc2ccc(OC)cc2[nH]1. The Kier molecular flexibility index (Phi) is 3.01. The van der Waals surface area contributed by atoms with Crippen molar-refractivity contribution in [3.05, 3.63) is 30.0 Å². The molecule has 17 heavy (non-hydrogen) atoms. The molecule has 2 aromatic rings. The van der Waals surface area contributed by atoms with Crippen molar-refractivity contribution in [2.45, 2.75) is 6.10 Å². The number of aliphatic hydroxyl groups excluding tert-OH is 1. The molecule has 1 unspecified atom stereocenters. The van der Waals surface area contributed by atoms with E-state index >= 15 is 0 Å². The van der Waals surface area contributed by atoms with Crippen LogP contribution in [-0.2, 0) is 9.53 Å². The Morgan fingerprint density at radius 1 is 1.35 bits per heavy atom. The fourth-order valence-corrected chi connectivity index (χ4v) is 1.64. The molecular weight excluding hydrogens is 222 g/mol. The van der Waals surface area contributed by atoms with E-state index in [0.29, 0.717) is 11.4 Å². The minimum atomic E-state index is -1.29. The summed E-state index contributed by atoms with van der Waals surface area (Å²) in [5.41, 5.74) is 1.20. The molecule has 90 valence electrons. The third-order valence-corrected chi connectivity index (χ3v) is 2.57. The van der Waals surface area contributed by atoms with Gasteiger partial charge in [-0.05, 0) is 18.2 Å². The number of hydrogen-bond donors (Lipinski definition) is 2. The number of aliphatic hydroxyl groups is 1. The molecule has 5 heteroatoms. The van der Waals surface area contributed by atoms with Gasteiger partial charge >= 0.3 is 5.97 Å². The van der Waals surface area contributed by atoms with Gasteiger partial charge in [0.2, 0.25) is 0 Å². The van der Waals surface area contributed by atoms with Crippen LogP contribution in [0.25, 0.3) is 10.9 Å². The minimum absolute atomic E-state index is 0.403. The molecule has 1 atom stereocenters. The van der Waals surface area contributed by atoms with Gasteiger partial charge in [0.25, 0.3) is 0 Å². The van der Waals surface area contributed by atoms with Gasteiger partial charge in [-0.25, -0.2) is 4.79 Å². The molecule has 0 saturated carbocycles. The van der Waals surface area contributed by atoms with Crippen LogP contribution in [-0.4, -0.2) is 30.3 Å². The molecule has 2 N–H and O–H groups in total. The van der Waals surface area contributed by atoms with Gasteiger partial charge in [0.05, 0.1) is 19.9 Å². The second-order valence-electron chi connectivity index (χ2n) is 3.60. The first-order valence-corrected chi connectivity index (χ1v) is 5.08. The molecule has 0 amide bonds. The lowest BCUT2D eigenvalue weighted by atomic mass is 10.2. The highest BCUT2D eigenvalue weighted by atomic mass is 16.5. The maximum Gasteiger partial charge on any atom is 0.340 e. The van der Waals surface area contributed by atoms with Crippen LogP contribution in [0.4, 0.5) is 0 Å². The summed E-state index contributed by atoms with van der Waals surface area (Å²) >= 11 is 0. The van der Waals surface area contributed by atoms with Gasteiger partial charge in [-0.1, -0.05) is 0 Å². The number of H-pyrrole nitrogens is 1. The highest BCUT2D eigenvalue weighted by Gasteiger charge is 2.19. The summed E-state index contributed by atoms with van der Waals surface area (Å²) in [7, 11) is 2.81. The molecule has 1 aromatic carbocycles. The number of aromatic amines is 1. The number of esters is 1. The van der Waals surface area contributed by atoms with Crippen molar-refractivity contribution in [2.24, 2.45) is 0 Å². The van der Waals surface area contributed by atoms with Crippen LogP contribution in [0.15, 0.2) is 24.3 Å². The molecule has 0 aliphatic rings. The van der Waals surface area contributed by atoms with Crippen LogP contribution in [0, 0.1) is 0 Å². The quantitative estimate of drug-likeness (QED) is 0.788. The number of methoxy groups -OCH3 is 2. The van der Waals surface area contributed by atoms with Crippen LogP contribution in [0.1, 0.15) is 11.8 Å². The van der Waals surface area contributed by atoms with Crippen molar-refractivity contribution in [3.63, 3.8) is 0 Å². The fourth-order valence-electron chi connectivity index (χ4n) is 1.64. The smallest absolute Gasteiger partial charge is 0.340 e. The van der Waals surface area contributed by atoms with Gasteiger partial charge in [-0.15, -0.1) is 0 Å². The van der Waals surface area contributed by atoms with Crippen LogP contribution < -0.4 is 4.74 Å². The van der Waals surface area contributed by atoms with Gasteiger partial charge in [-0.2, -0.15) is 0 Å². The largest absolute Gasteiger partial charge is 0.497 e. The first-order valence-electron chi connectivity index (χ1n) is 5.08. The number of rotatable bonds is 3. The summed E-state index contributed by atoms with van der Waals surface area (Å²) in [6.07, 6.45) is -1.29. The zero-order valence-corrected chi connectivity index (χ0v) is 9.56. The van der Waals surface area contributed by atoms with E-state index < -0.39 is 12.1 Å². The molecule has 0 aliphatic heterocycles. The molecule has 2 rings (SSSR count). The molecule has 0 saturated heterocycles.